The minimum atomic E-state index is -4.35. The molecule has 0 amide bonds. The third-order valence-corrected chi connectivity index (χ3v) is 4.98. The average molecular weight is 350 g/mol. The van der Waals surface area contributed by atoms with Crippen LogP contribution in [-0.2, 0) is 6.18 Å². The summed E-state index contributed by atoms with van der Waals surface area (Å²) >= 11 is 4.86. The molecule has 1 nitrogen and oxygen atoms in total. The van der Waals surface area contributed by atoms with Crippen LogP contribution in [0, 0.1) is 6.92 Å². The number of hydrogen-bond donors (Lipinski definition) is 1. The molecule has 0 radical (unpaired) electrons. The molecule has 0 fully saturated rings. The van der Waals surface area contributed by atoms with Gasteiger partial charge in [-0.2, -0.15) is 13.2 Å². The van der Waals surface area contributed by atoms with Gasteiger partial charge in [-0.25, -0.2) is 0 Å². The number of halogens is 4. The average Bonchev–Trinajstić information content (AvgIpc) is 2.68. The van der Waals surface area contributed by atoms with E-state index >= 15 is 0 Å². The highest BCUT2D eigenvalue weighted by atomic mass is 79.9. The lowest BCUT2D eigenvalue weighted by Crippen LogP contribution is -2.12. The molecule has 1 aromatic carbocycles. The smallest absolute Gasteiger partial charge is 0.320 e. The molecule has 0 spiro atoms. The van der Waals surface area contributed by atoms with Crippen molar-refractivity contribution in [1.82, 2.24) is 0 Å². The number of benzene rings is 1. The van der Waals surface area contributed by atoms with Gasteiger partial charge in [-0.1, -0.05) is 12.1 Å². The van der Waals surface area contributed by atoms with Crippen LogP contribution in [0.15, 0.2) is 34.8 Å². The van der Waals surface area contributed by atoms with E-state index in [1.807, 2.05) is 13.0 Å². The lowest BCUT2D eigenvalue weighted by Gasteiger charge is -2.13. The Hall–Kier alpha value is -0.850. The number of alkyl halides is 3. The SMILES string of the molecule is Cc1sc(C(N)c2cccc(C(F)(F)F)c2)cc1Br. The Balaban J connectivity index is 2.36. The van der Waals surface area contributed by atoms with Crippen molar-refractivity contribution in [3.05, 3.63) is 55.7 Å². The summed E-state index contributed by atoms with van der Waals surface area (Å²) in [4.78, 5) is 1.89. The van der Waals surface area contributed by atoms with Gasteiger partial charge in [-0.3, -0.25) is 0 Å². The molecule has 1 unspecified atom stereocenters. The van der Waals surface area contributed by atoms with Gasteiger partial charge in [-0.15, -0.1) is 11.3 Å². The van der Waals surface area contributed by atoms with Crippen molar-refractivity contribution in [2.75, 3.05) is 0 Å². The predicted octanol–water partition coefficient (Wildman–Crippen LogP) is 4.89. The molecule has 0 aliphatic carbocycles. The van der Waals surface area contributed by atoms with Gasteiger partial charge in [0, 0.05) is 14.2 Å². The molecule has 6 heteroatoms. The quantitative estimate of drug-likeness (QED) is 0.820. The topological polar surface area (TPSA) is 26.0 Å². The number of hydrogen-bond acceptors (Lipinski definition) is 2. The maximum Gasteiger partial charge on any atom is 0.416 e. The van der Waals surface area contributed by atoms with E-state index in [0.717, 1.165) is 26.4 Å². The van der Waals surface area contributed by atoms with Gasteiger partial charge in [0.2, 0.25) is 0 Å². The fraction of sp³-hybridized carbons (Fsp3) is 0.231. The van der Waals surface area contributed by atoms with E-state index in [1.165, 1.54) is 17.4 Å². The molecular weight excluding hydrogens is 339 g/mol. The fourth-order valence-corrected chi connectivity index (χ4v) is 3.30. The van der Waals surface area contributed by atoms with Crippen molar-refractivity contribution in [3.8, 4) is 0 Å². The molecule has 2 N–H and O–H groups in total. The Morgan fingerprint density at radius 1 is 1.26 bits per heavy atom. The molecular formula is C13H11BrF3NS. The number of rotatable bonds is 2. The van der Waals surface area contributed by atoms with E-state index in [1.54, 1.807) is 6.07 Å². The molecule has 1 aromatic heterocycles. The maximum absolute atomic E-state index is 12.7. The van der Waals surface area contributed by atoms with Crippen molar-refractivity contribution < 1.29 is 13.2 Å². The monoisotopic (exact) mass is 349 g/mol. The van der Waals surface area contributed by atoms with Gasteiger partial charge >= 0.3 is 6.18 Å². The summed E-state index contributed by atoms with van der Waals surface area (Å²) in [6.07, 6.45) is -4.35. The summed E-state index contributed by atoms with van der Waals surface area (Å²) in [5.74, 6) is 0. The van der Waals surface area contributed by atoms with Crippen LogP contribution < -0.4 is 5.73 Å². The fourth-order valence-electron chi connectivity index (χ4n) is 1.71. The Labute approximate surface area is 121 Å². The van der Waals surface area contributed by atoms with E-state index in [9.17, 15) is 13.2 Å². The van der Waals surface area contributed by atoms with Crippen LogP contribution in [0.25, 0.3) is 0 Å². The van der Waals surface area contributed by atoms with Gasteiger partial charge < -0.3 is 5.73 Å². The molecule has 1 heterocycles. The predicted molar refractivity (Wildman–Crippen MR) is 74.2 cm³/mol. The molecule has 0 saturated carbocycles. The van der Waals surface area contributed by atoms with Crippen molar-refractivity contribution >= 4 is 27.3 Å². The van der Waals surface area contributed by atoms with Gasteiger partial charge in [0.25, 0.3) is 0 Å². The third kappa shape index (κ3) is 3.19. The van der Waals surface area contributed by atoms with Crippen molar-refractivity contribution in [2.45, 2.75) is 19.1 Å². The first-order valence-corrected chi connectivity index (χ1v) is 7.08. The zero-order chi connectivity index (χ0) is 14.2. The highest BCUT2D eigenvalue weighted by Crippen LogP contribution is 2.35. The Bertz CT molecular complexity index is 572. The van der Waals surface area contributed by atoms with Crippen molar-refractivity contribution in [2.24, 2.45) is 5.73 Å². The van der Waals surface area contributed by atoms with Crippen molar-refractivity contribution in [1.29, 1.82) is 0 Å². The Morgan fingerprint density at radius 3 is 2.47 bits per heavy atom. The molecule has 2 rings (SSSR count). The third-order valence-electron chi connectivity index (χ3n) is 2.76. The van der Waals surface area contributed by atoms with Crippen LogP contribution in [-0.4, -0.2) is 0 Å². The van der Waals surface area contributed by atoms with Gasteiger partial charge in [-0.05, 0) is 46.6 Å². The number of nitrogens with two attached hydrogens (primary N) is 1. The van der Waals surface area contributed by atoms with Crippen LogP contribution in [0.5, 0.6) is 0 Å². The summed E-state index contributed by atoms with van der Waals surface area (Å²) in [6.45, 7) is 1.93. The maximum atomic E-state index is 12.7. The zero-order valence-corrected chi connectivity index (χ0v) is 12.4. The summed E-state index contributed by atoms with van der Waals surface area (Å²) in [6, 6.07) is 6.46. The molecule has 0 bridgehead atoms. The minimum Gasteiger partial charge on any atom is -0.320 e. The second kappa shape index (κ2) is 5.26. The molecule has 102 valence electrons. The molecule has 1 atom stereocenters. The van der Waals surface area contributed by atoms with E-state index in [2.05, 4.69) is 15.9 Å². The highest BCUT2D eigenvalue weighted by Gasteiger charge is 2.30. The van der Waals surface area contributed by atoms with Crippen LogP contribution in [0.3, 0.4) is 0 Å². The summed E-state index contributed by atoms with van der Waals surface area (Å²) < 4.78 is 38.9. The molecule has 19 heavy (non-hydrogen) atoms. The van der Waals surface area contributed by atoms with Crippen LogP contribution in [0.2, 0.25) is 0 Å². The van der Waals surface area contributed by atoms with Crippen molar-refractivity contribution in [3.63, 3.8) is 0 Å². The van der Waals surface area contributed by atoms with Crippen LogP contribution in [0.1, 0.15) is 26.9 Å². The lowest BCUT2D eigenvalue weighted by molar-refractivity contribution is -0.137. The summed E-state index contributed by atoms with van der Waals surface area (Å²) in [7, 11) is 0. The first-order valence-electron chi connectivity index (χ1n) is 5.47. The van der Waals surface area contributed by atoms with Crippen LogP contribution >= 0.6 is 27.3 Å². The Morgan fingerprint density at radius 2 is 1.95 bits per heavy atom. The molecule has 0 aliphatic rings. The van der Waals surface area contributed by atoms with E-state index in [-0.39, 0.29) is 0 Å². The van der Waals surface area contributed by atoms with Gasteiger partial charge in [0.1, 0.15) is 0 Å². The number of thiophene rings is 1. The standard InChI is InChI=1S/C13H11BrF3NS/c1-7-10(14)6-11(19-7)12(18)8-3-2-4-9(5-8)13(15,16)17/h2-6,12H,18H2,1H3. The molecule has 0 saturated heterocycles. The summed E-state index contributed by atoms with van der Waals surface area (Å²) in [5.41, 5.74) is 5.82. The van der Waals surface area contributed by atoms with E-state index in [4.69, 9.17) is 5.73 Å². The summed E-state index contributed by atoms with van der Waals surface area (Å²) in [5, 5.41) is 0. The highest BCUT2D eigenvalue weighted by molar-refractivity contribution is 9.10. The van der Waals surface area contributed by atoms with Crippen LogP contribution in [0.4, 0.5) is 13.2 Å². The first-order chi connectivity index (χ1) is 8.79. The first kappa shape index (κ1) is 14.6. The second-order valence-electron chi connectivity index (χ2n) is 4.15. The largest absolute Gasteiger partial charge is 0.416 e. The lowest BCUT2D eigenvalue weighted by atomic mass is 10.0. The van der Waals surface area contributed by atoms with E-state index in [0.29, 0.717) is 5.56 Å². The normalized spacial score (nSPS) is 13.6. The molecule has 0 aliphatic heterocycles. The minimum absolute atomic E-state index is 0.462. The van der Waals surface area contributed by atoms with E-state index < -0.39 is 17.8 Å². The number of aryl methyl sites for hydroxylation is 1. The van der Waals surface area contributed by atoms with Gasteiger partial charge in [0.05, 0.1) is 11.6 Å². The van der Waals surface area contributed by atoms with Gasteiger partial charge in [0.15, 0.2) is 0 Å². The second-order valence-corrected chi connectivity index (χ2v) is 6.30. The zero-order valence-electron chi connectivity index (χ0n) is 9.96. The Kier molecular flexibility index (Phi) is 4.03. The molecule has 2 aromatic rings.